The number of thiocarbonyl (C=S) groups is 1. The van der Waals surface area contributed by atoms with Gasteiger partial charge in [0.05, 0.1) is 10.7 Å². The molecule has 0 saturated heterocycles. The SMILES string of the molecule is NC(=S)Cc1ccc(NC(=O)CSc2ccccc2)cc1. The fourth-order valence-electron chi connectivity index (χ4n) is 1.77. The predicted molar refractivity (Wildman–Crippen MR) is 92.7 cm³/mol. The first-order valence-electron chi connectivity index (χ1n) is 6.48. The van der Waals surface area contributed by atoms with E-state index in [1.54, 1.807) is 0 Å². The van der Waals surface area contributed by atoms with Crippen LogP contribution in [0.1, 0.15) is 5.56 Å². The van der Waals surface area contributed by atoms with Crippen LogP contribution >= 0.6 is 24.0 Å². The van der Waals surface area contributed by atoms with Crippen LogP contribution in [0.5, 0.6) is 0 Å². The largest absolute Gasteiger partial charge is 0.393 e. The van der Waals surface area contributed by atoms with Crippen molar-refractivity contribution < 1.29 is 4.79 Å². The zero-order valence-corrected chi connectivity index (χ0v) is 13.0. The minimum Gasteiger partial charge on any atom is -0.393 e. The highest BCUT2D eigenvalue weighted by Gasteiger charge is 2.04. The molecular formula is C16H16N2OS2. The van der Waals surface area contributed by atoms with Gasteiger partial charge in [-0.25, -0.2) is 0 Å². The van der Waals surface area contributed by atoms with Gasteiger partial charge in [-0.3, -0.25) is 4.79 Å². The predicted octanol–water partition coefficient (Wildman–Crippen LogP) is 3.25. The Balaban J connectivity index is 1.83. The molecule has 1 amide bonds. The van der Waals surface area contributed by atoms with E-state index in [1.165, 1.54) is 11.8 Å². The number of hydrogen-bond donors (Lipinski definition) is 2. The van der Waals surface area contributed by atoms with E-state index in [4.69, 9.17) is 18.0 Å². The third kappa shape index (κ3) is 5.57. The zero-order chi connectivity index (χ0) is 15.1. The van der Waals surface area contributed by atoms with E-state index in [-0.39, 0.29) is 5.91 Å². The summed E-state index contributed by atoms with van der Waals surface area (Å²) < 4.78 is 0. The van der Waals surface area contributed by atoms with Crippen molar-refractivity contribution in [2.75, 3.05) is 11.1 Å². The van der Waals surface area contributed by atoms with E-state index < -0.39 is 0 Å². The van der Waals surface area contributed by atoms with Crippen LogP contribution in [0.25, 0.3) is 0 Å². The van der Waals surface area contributed by atoms with Gasteiger partial charge >= 0.3 is 0 Å². The van der Waals surface area contributed by atoms with Crippen molar-refractivity contribution >= 4 is 40.6 Å². The van der Waals surface area contributed by atoms with Crippen LogP contribution < -0.4 is 11.1 Å². The van der Waals surface area contributed by atoms with Crippen molar-refractivity contribution in [3.05, 3.63) is 60.2 Å². The molecule has 108 valence electrons. The highest BCUT2D eigenvalue weighted by molar-refractivity contribution is 8.00. The quantitative estimate of drug-likeness (QED) is 0.634. The first kappa shape index (κ1) is 15.5. The number of anilines is 1. The van der Waals surface area contributed by atoms with E-state index in [0.29, 0.717) is 17.2 Å². The molecule has 0 atom stereocenters. The van der Waals surface area contributed by atoms with Crippen molar-refractivity contribution in [3.63, 3.8) is 0 Å². The third-order valence-corrected chi connectivity index (χ3v) is 3.89. The van der Waals surface area contributed by atoms with Crippen molar-refractivity contribution in [1.82, 2.24) is 0 Å². The van der Waals surface area contributed by atoms with Crippen molar-refractivity contribution in [2.45, 2.75) is 11.3 Å². The molecule has 0 aliphatic heterocycles. The maximum atomic E-state index is 11.9. The second-order valence-electron chi connectivity index (χ2n) is 4.49. The summed E-state index contributed by atoms with van der Waals surface area (Å²) in [5.41, 5.74) is 7.32. The van der Waals surface area contributed by atoms with E-state index in [9.17, 15) is 4.79 Å². The number of carbonyl (C=O) groups is 1. The fourth-order valence-corrected chi connectivity index (χ4v) is 2.66. The minimum absolute atomic E-state index is 0.0223. The molecule has 0 aliphatic rings. The van der Waals surface area contributed by atoms with Gasteiger partial charge in [0, 0.05) is 17.0 Å². The molecule has 0 heterocycles. The second kappa shape index (κ2) is 7.81. The molecule has 2 aromatic carbocycles. The Labute approximate surface area is 133 Å². The topological polar surface area (TPSA) is 55.1 Å². The highest BCUT2D eigenvalue weighted by Crippen LogP contribution is 2.17. The minimum atomic E-state index is -0.0223. The summed E-state index contributed by atoms with van der Waals surface area (Å²) in [7, 11) is 0. The Morgan fingerprint density at radius 2 is 1.76 bits per heavy atom. The molecule has 0 saturated carbocycles. The van der Waals surface area contributed by atoms with Crippen LogP contribution in [0.3, 0.4) is 0 Å². The van der Waals surface area contributed by atoms with E-state index >= 15 is 0 Å². The third-order valence-electron chi connectivity index (χ3n) is 2.73. The second-order valence-corrected chi connectivity index (χ2v) is 6.06. The Hall–Kier alpha value is -1.85. The van der Waals surface area contributed by atoms with Gasteiger partial charge in [-0.2, -0.15) is 0 Å². The Bertz CT molecular complexity index is 612. The van der Waals surface area contributed by atoms with Gasteiger partial charge in [-0.1, -0.05) is 42.5 Å². The van der Waals surface area contributed by atoms with Crippen molar-refractivity contribution in [1.29, 1.82) is 0 Å². The molecule has 0 unspecified atom stereocenters. The standard InChI is InChI=1S/C16H16N2OS2/c17-15(20)10-12-6-8-13(9-7-12)18-16(19)11-21-14-4-2-1-3-5-14/h1-9H,10-11H2,(H2,17,20)(H,18,19). The van der Waals surface area contributed by atoms with Crippen LogP contribution in [0.15, 0.2) is 59.5 Å². The summed E-state index contributed by atoms with van der Waals surface area (Å²) in [6.45, 7) is 0. The maximum absolute atomic E-state index is 11.9. The molecule has 0 fully saturated rings. The number of nitrogens with two attached hydrogens (primary N) is 1. The molecule has 0 spiro atoms. The molecule has 0 aromatic heterocycles. The summed E-state index contributed by atoms with van der Waals surface area (Å²) in [6.07, 6.45) is 0.577. The number of amides is 1. The summed E-state index contributed by atoms with van der Waals surface area (Å²) in [6, 6.07) is 17.4. The monoisotopic (exact) mass is 316 g/mol. The molecule has 0 radical (unpaired) electrons. The van der Waals surface area contributed by atoms with Crippen molar-refractivity contribution in [3.8, 4) is 0 Å². The van der Waals surface area contributed by atoms with Crippen LogP contribution in [0, 0.1) is 0 Å². The van der Waals surface area contributed by atoms with Gasteiger partial charge < -0.3 is 11.1 Å². The number of hydrogen-bond acceptors (Lipinski definition) is 3. The normalized spacial score (nSPS) is 10.1. The molecule has 3 nitrogen and oxygen atoms in total. The van der Waals surface area contributed by atoms with Crippen molar-refractivity contribution in [2.24, 2.45) is 5.73 Å². The average molecular weight is 316 g/mol. The molecular weight excluding hydrogens is 300 g/mol. The Morgan fingerprint density at radius 1 is 1.10 bits per heavy atom. The number of thioether (sulfide) groups is 1. The van der Waals surface area contributed by atoms with Crippen LogP contribution in [-0.2, 0) is 11.2 Å². The smallest absolute Gasteiger partial charge is 0.234 e. The molecule has 2 aromatic rings. The summed E-state index contributed by atoms with van der Waals surface area (Å²) in [4.78, 5) is 13.4. The van der Waals surface area contributed by atoms with E-state index in [0.717, 1.165) is 16.1 Å². The molecule has 0 bridgehead atoms. The first-order chi connectivity index (χ1) is 10.1. The summed E-state index contributed by atoms with van der Waals surface area (Å²) in [5.74, 6) is 0.365. The lowest BCUT2D eigenvalue weighted by Crippen LogP contribution is -2.14. The number of nitrogens with one attached hydrogen (secondary N) is 1. The molecule has 5 heteroatoms. The number of benzene rings is 2. The van der Waals surface area contributed by atoms with Gasteiger partial charge in [0.2, 0.25) is 5.91 Å². The molecule has 0 aliphatic carbocycles. The Morgan fingerprint density at radius 3 is 2.38 bits per heavy atom. The molecule has 2 rings (SSSR count). The lowest BCUT2D eigenvalue weighted by molar-refractivity contribution is -0.113. The molecule has 21 heavy (non-hydrogen) atoms. The van der Waals surface area contributed by atoms with Crippen LogP contribution in [0.2, 0.25) is 0 Å². The Kier molecular flexibility index (Phi) is 5.78. The average Bonchev–Trinajstić information content (AvgIpc) is 2.48. The van der Waals surface area contributed by atoms with Crippen LogP contribution in [-0.4, -0.2) is 16.6 Å². The lowest BCUT2D eigenvalue weighted by atomic mass is 10.1. The van der Waals surface area contributed by atoms with Gasteiger partial charge in [-0.05, 0) is 29.8 Å². The molecule has 3 N–H and O–H groups in total. The number of carbonyl (C=O) groups excluding carboxylic acids is 1. The zero-order valence-electron chi connectivity index (χ0n) is 11.4. The first-order valence-corrected chi connectivity index (χ1v) is 7.88. The van der Waals surface area contributed by atoms with E-state index in [1.807, 2.05) is 54.6 Å². The van der Waals surface area contributed by atoms with E-state index in [2.05, 4.69) is 5.32 Å². The summed E-state index contributed by atoms with van der Waals surface area (Å²) >= 11 is 6.38. The van der Waals surface area contributed by atoms with Gasteiger partial charge in [0.1, 0.15) is 0 Å². The maximum Gasteiger partial charge on any atom is 0.234 e. The van der Waals surface area contributed by atoms with Gasteiger partial charge in [-0.15, -0.1) is 11.8 Å². The fraction of sp³-hybridized carbons (Fsp3) is 0.125. The van der Waals surface area contributed by atoms with Gasteiger partial charge in [0.15, 0.2) is 0 Å². The lowest BCUT2D eigenvalue weighted by Gasteiger charge is -2.06. The number of rotatable bonds is 6. The summed E-state index contributed by atoms with van der Waals surface area (Å²) in [5, 5.41) is 2.87. The highest BCUT2D eigenvalue weighted by atomic mass is 32.2. The van der Waals surface area contributed by atoms with Crippen LogP contribution in [0.4, 0.5) is 5.69 Å². The van der Waals surface area contributed by atoms with Gasteiger partial charge in [0.25, 0.3) is 0 Å².